The van der Waals surface area contributed by atoms with Gasteiger partial charge in [-0.15, -0.1) is 24.8 Å². The molecule has 2 aromatic carbocycles. The third-order valence-corrected chi connectivity index (χ3v) is 8.90. The molecule has 0 unspecified atom stereocenters. The number of hydrogen-bond acceptors (Lipinski definition) is 10. The summed E-state index contributed by atoms with van der Waals surface area (Å²) in [6.45, 7) is 2.09. The van der Waals surface area contributed by atoms with Crippen LogP contribution < -0.4 is 29.6 Å². The number of thiazole rings is 2. The minimum Gasteiger partial charge on any atom is -0.493 e. The lowest BCUT2D eigenvalue weighted by Crippen LogP contribution is -2.09. The van der Waals surface area contributed by atoms with Crippen molar-refractivity contribution in [3.8, 4) is 23.0 Å². The fraction of sp³-hybridized carbons (Fsp3) is 0.312. The van der Waals surface area contributed by atoms with Crippen LogP contribution in [0.15, 0.2) is 36.4 Å². The maximum atomic E-state index is 5.43. The minimum absolute atomic E-state index is 0. The largest absolute Gasteiger partial charge is 0.493 e. The average molecular weight is 678 g/mol. The predicted octanol–water partition coefficient (Wildman–Crippen LogP) is 8.22. The Bertz CT molecular complexity index is 1410. The molecule has 2 aromatic heterocycles. The summed E-state index contributed by atoms with van der Waals surface area (Å²) in [5.74, 6) is 2.96. The Morgan fingerprint density at radius 3 is 1.41 bits per heavy atom. The van der Waals surface area contributed by atoms with Gasteiger partial charge in [0.2, 0.25) is 0 Å². The molecule has 2 N–H and O–H groups in total. The number of methoxy groups -OCH3 is 4. The summed E-state index contributed by atoms with van der Waals surface area (Å²) in [6, 6.07) is 11.7. The number of halogens is 2. The van der Waals surface area contributed by atoms with E-state index in [-0.39, 0.29) is 24.8 Å². The van der Waals surface area contributed by atoms with Crippen molar-refractivity contribution in [1.82, 2.24) is 9.97 Å². The molecule has 0 saturated heterocycles. The molecule has 4 heterocycles. The molecule has 0 radical (unpaired) electrons. The summed E-state index contributed by atoms with van der Waals surface area (Å²) < 4.78 is 21.5. The van der Waals surface area contributed by atoms with Gasteiger partial charge in [0.05, 0.1) is 39.8 Å². The first-order chi connectivity index (χ1) is 20.6. The first kappa shape index (κ1) is 35.0. The summed E-state index contributed by atoms with van der Waals surface area (Å²) in [5, 5.41) is 11.2. The molecule has 2 aliphatic rings. The number of benzene rings is 2. The van der Waals surface area contributed by atoms with E-state index in [4.69, 9.17) is 18.9 Å². The van der Waals surface area contributed by atoms with E-state index in [1.165, 1.54) is 21.4 Å². The van der Waals surface area contributed by atoms with Crippen molar-refractivity contribution in [3.63, 3.8) is 0 Å². The van der Waals surface area contributed by atoms with Crippen LogP contribution in [0.5, 0.6) is 23.0 Å². The van der Waals surface area contributed by atoms with Crippen LogP contribution in [0.1, 0.15) is 45.4 Å². The van der Waals surface area contributed by atoms with E-state index < -0.39 is 0 Å². The maximum Gasteiger partial charge on any atom is 0.167 e. The number of nitrogens with one attached hydrogen (secondary N) is 2. The van der Waals surface area contributed by atoms with Crippen LogP contribution in [0.2, 0.25) is 0 Å². The summed E-state index contributed by atoms with van der Waals surface area (Å²) in [7, 11) is 6.60. The standard InChI is InChI=1S/2C16H18N2O2S.2ClH/c2*1-19-13-7-3-5-11(15(13)20-2)8-9-14-18-12-6-4-10-17-16(12)21-14;;/h2*3,5,7-9,17H,4,6,10H2,1-2H3;2*1H. The summed E-state index contributed by atoms with van der Waals surface area (Å²) in [4.78, 5) is 9.32. The highest BCUT2D eigenvalue weighted by molar-refractivity contribution is 7.17. The number of anilines is 2. The Kier molecular flexibility index (Phi) is 13.7. The first-order valence-electron chi connectivity index (χ1n) is 13.9. The second-order valence-corrected chi connectivity index (χ2v) is 11.6. The van der Waals surface area contributed by atoms with Gasteiger partial charge in [0.1, 0.15) is 20.0 Å². The van der Waals surface area contributed by atoms with Gasteiger partial charge in [-0.25, -0.2) is 9.97 Å². The van der Waals surface area contributed by atoms with E-state index in [1.54, 1.807) is 51.1 Å². The van der Waals surface area contributed by atoms with Crippen LogP contribution in [0.3, 0.4) is 0 Å². The van der Waals surface area contributed by atoms with Gasteiger partial charge in [-0.3, -0.25) is 0 Å². The maximum absolute atomic E-state index is 5.43. The smallest absolute Gasteiger partial charge is 0.167 e. The average Bonchev–Trinajstić information content (AvgIpc) is 3.66. The molecule has 8 nitrogen and oxygen atoms in total. The number of nitrogens with zero attached hydrogens (tertiary/aromatic N) is 2. The molecule has 0 atom stereocenters. The summed E-state index contributed by atoms with van der Waals surface area (Å²) >= 11 is 3.39. The van der Waals surface area contributed by atoms with Crippen molar-refractivity contribution < 1.29 is 18.9 Å². The van der Waals surface area contributed by atoms with Gasteiger partial charge in [-0.05, 0) is 62.1 Å². The van der Waals surface area contributed by atoms with Gasteiger partial charge in [-0.1, -0.05) is 46.9 Å². The van der Waals surface area contributed by atoms with Gasteiger partial charge < -0.3 is 29.6 Å². The number of aryl methyl sites for hydroxylation is 2. The number of hydrogen-bond donors (Lipinski definition) is 2. The zero-order valence-corrected chi connectivity index (χ0v) is 28.4. The zero-order chi connectivity index (χ0) is 29.3. The van der Waals surface area contributed by atoms with E-state index in [2.05, 4.69) is 20.6 Å². The summed E-state index contributed by atoms with van der Waals surface area (Å²) in [5.41, 5.74) is 4.34. The van der Waals surface area contributed by atoms with Crippen molar-refractivity contribution in [2.45, 2.75) is 25.7 Å². The molecule has 44 heavy (non-hydrogen) atoms. The van der Waals surface area contributed by atoms with Gasteiger partial charge in [0.25, 0.3) is 0 Å². The number of aromatic nitrogens is 2. The van der Waals surface area contributed by atoms with Crippen LogP contribution in [0.4, 0.5) is 10.0 Å². The van der Waals surface area contributed by atoms with Crippen LogP contribution in [0.25, 0.3) is 24.3 Å². The molecule has 0 spiro atoms. The molecule has 0 saturated carbocycles. The number of para-hydroxylation sites is 2. The van der Waals surface area contributed by atoms with Crippen molar-refractivity contribution in [2.24, 2.45) is 0 Å². The second-order valence-electron chi connectivity index (χ2n) is 9.55. The lowest BCUT2D eigenvalue weighted by molar-refractivity contribution is 0.354. The fourth-order valence-corrected chi connectivity index (χ4v) is 6.70. The SMILES string of the molecule is COc1cccc(C=Cc2nc3c(s2)NCCC3)c1OC.COc1cccc(C=Cc2nc3c(s2)NCCC3)c1OC.Cl.Cl. The molecule has 0 amide bonds. The lowest BCUT2D eigenvalue weighted by atomic mass is 10.1. The van der Waals surface area contributed by atoms with Crippen LogP contribution >= 0.6 is 47.5 Å². The van der Waals surface area contributed by atoms with Gasteiger partial charge in [0, 0.05) is 24.2 Å². The molecule has 12 heteroatoms. The van der Waals surface area contributed by atoms with Crippen molar-refractivity contribution in [2.75, 3.05) is 52.2 Å². The van der Waals surface area contributed by atoms with Gasteiger partial charge in [0.15, 0.2) is 23.0 Å². The van der Waals surface area contributed by atoms with E-state index >= 15 is 0 Å². The number of fused-ring (bicyclic) bond motifs is 2. The van der Waals surface area contributed by atoms with Gasteiger partial charge in [-0.2, -0.15) is 0 Å². The lowest BCUT2D eigenvalue weighted by Gasteiger charge is -2.10. The van der Waals surface area contributed by atoms with E-state index in [9.17, 15) is 0 Å². The quantitative estimate of drug-likeness (QED) is 0.193. The Morgan fingerprint density at radius 2 is 1.05 bits per heavy atom. The molecule has 2 aliphatic heterocycles. The van der Waals surface area contributed by atoms with Crippen molar-refractivity contribution in [3.05, 3.63) is 68.9 Å². The molecular weight excluding hydrogens is 639 g/mol. The van der Waals surface area contributed by atoms with Crippen molar-refractivity contribution >= 4 is 81.8 Å². The highest BCUT2D eigenvalue weighted by Crippen LogP contribution is 2.35. The third kappa shape index (κ3) is 8.38. The monoisotopic (exact) mass is 676 g/mol. The highest BCUT2D eigenvalue weighted by Gasteiger charge is 2.15. The van der Waals surface area contributed by atoms with Crippen molar-refractivity contribution in [1.29, 1.82) is 0 Å². The molecule has 0 fully saturated rings. The van der Waals surface area contributed by atoms with Gasteiger partial charge >= 0.3 is 0 Å². The van der Waals surface area contributed by atoms with Crippen LogP contribution in [-0.2, 0) is 12.8 Å². The Morgan fingerprint density at radius 1 is 0.614 bits per heavy atom. The molecule has 236 valence electrons. The molecular formula is C32H38Cl2N4O4S2. The Balaban J connectivity index is 0.000000230. The zero-order valence-electron chi connectivity index (χ0n) is 25.2. The minimum atomic E-state index is 0. The number of ether oxygens (including phenoxy) is 4. The van der Waals surface area contributed by atoms with Crippen LogP contribution in [0, 0.1) is 0 Å². The first-order valence-corrected chi connectivity index (χ1v) is 15.5. The topological polar surface area (TPSA) is 86.8 Å². The molecule has 6 rings (SSSR count). The molecule has 0 bridgehead atoms. The predicted molar refractivity (Wildman–Crippen MR) is 189 cm³/mol. The Labute approximate surface area is 279 Å². The Hall–Kier alpha value is -3.44. The summed E-state index contributed by atoms with van der Waals surface area (Å²) in [6.07, 6.45) is 12.5. The number of rotatable bonds is 8. The van der Waals surface area contributed by atoms with E-state index in [0.717, 1.165) is 82.9 Å². The normalized spacial score (nSPS) is 13.2. The van der Waals surface area contributed by atoms with E-state index in [0.29, 0.717) is 0 Å². The second kappa shape index (κ2) is 17.2. The molecule has 0 aliphatic carbocycles. The fourth-order valence-electron chi connectivity index (χ4n) is 4.82. The third-order valence-electron chi connectivity index (χ3n) is 6.86. The highest BCUT2D eigenvalue weighted by atomic mass is 35.5. The molecule has 4 aromatic rings. The van der Waals surface area contributed by atoms with Crippen LogP contribution in [-0.4, -0.2) is 51.5 Å². The van der Waals surface area contributed by atoms with E-state index in [1.807, 2.05) is 60.7 Å².